The predicted molar refractivity (Wildman–Crippen MR) is 64.8 cm³/mol. The molecule has 1 aromatic heterocycles. The first-order valence-corrected chi connectivity index (χ1v) is 6.22. The fraction of sp³-hybridized carbons (Fsp3) is 0.667. The summed E-state index contributed by atoms with van der Waals surface area (Å²) in [5.41, 5.74) is 5.78. The van der Waals surface area contributed by atoms with Crippen molar-refractivity contribution in [2.24, 2.45) is 5.73 Å². The number of rotatable bonds is 2. The maximum Gasteiger partial charge on any atom is 0.187 e. The highest BCUT2D eigenvalue weighted by Crippen LogP contribution is 2.26. The van der Waals surface area contributed by atoms with Gasteiger partial charge in [-0.05, 0) is 7.05 Å². The lowest BCUT2D eigenvalue weighted by Gasteiger charge is -2.39. The van der Waals surface area contributed by atoms with E-state index in [1.54, 1.807) is 11.3 Å². The number of hydrogen-bond donors (Lipinski definition) is 1. The first kappa shape index (κ1) is 11.1. The molecular weight excluding hydrogens is 232 g/mol. The number of aromatic nitrogens is 1. The zero-order valence-corrected chi connectivity index (χ0v) is 10.3. The summed E-state index contributed by atoms with van der Waals surface area (Å²) in [5.74, 6) is 0. The van der Waals surface area contributed by atoms with E-state index in [-0.39, 0.29) is 0 Å². The lowest BCUT2D eigenvalue weighted by molar-refractivity contribution is 0.269. The molecule has 1 fully saturated rings. The van der Waals surface area contributed by atoms with Crippen LogP contribution in [-0.4, -0.2) is 49.2 Å². The minimum Gasteiger partial charge on any atom is -0.341 e. The van der Waals surface area contributed by atoms with Crippen molar-refractivity contribution in [3.05, 3.63) is 10.5 Å². The second-order valence-corrected chi connectivity index (χ2v) is 5.02. The molecule has 0 amide bonds. The highest BCUT2D eigenvalue weighted by atomic mass is 35.5. The number of hydrogen-bond acceptors (Lipinski definition) is 5. The fourth-order valence-corrected chi connectivity index (χ4v) is 2.89. The SMILES string of the molecule is CN1CCN(c2nc(Cl)cs2)C(CN)C1. The molecule has 2 N–H and O–H groups in total. The first-order chi connectivity index (χ1) is 7.20. The standard InChI is InChI=1S/C9H15ClN4S/c1-13-2-3-14(7(4-11)5-13)9-12-8(10)6-15-9/h6-7H,2-5,11H2,1H3. The van der Waals surface area contributed by atoms with E-state index >= 15 is 0 Å². The van der Waals surface area contributed by atoms with Crippen molar-refractivity contribution in [2.75, 3.05) is 38.1 Å². The number of nitrogens with two attached hydrogens (primary N) is 1. The van der Waals surface area contributed by atoms with Crippen molar-refractivity contribution in [3.63, 3.8) is 0 Å². The third-order valence-electron chi connectivity index (χ3n) is 2.67. The van der Waals surface area contributed by atoms with Crippen LogP contribution < -0.4 is 10.6 Å². The Bertz CT molecular complexity index is 330. The lowest BCUT2D eigenvalue weighted by Crippen LogP contribution is -2.55. The number of piperazine rings is 1. The first-order valence-electron chi connectivity index (χ1n) is 4.97. The maximum absolute atomic E-state index is 5.83. The van der Waals surface area contributed by atoms with Gasteiger partial charge in [0.1, 0.15) is 5.15 Å². The van der Waals surface area contributed by atoms with Gasteiger partial charge in [0.05, 0.1) is 6.04 Å². The third-order valence-corrected chi connectivity index (χ3v) is 3.87. The highest BCUT2D eigenvalue weighted by Gasteiger charge is 2.25. The van der Waals surface area contributed by atoms with Gasteiger partial charge in [-0.15, -0.1) is 11.3 Å². The molecule has 0 saturated carbocycles. The summed E-state index contributed by atoms with van der Waals surface area (Å²) in [6.07, 6.45) is 0. The molecule has 1 saturated heterocycles. The topological polar surface area (TPSA) is 45.4 Å². The molecule has 1 unspecified atom stereocenters. The van der Waals surface area contributed by atoms with Gasteiger partial charge in [-0.1, -0.05) is 11.6 Å². The monoisotopic (exact) mass is 246 g/mol. The van der Waals surface area contributed by atoms with Crippen molar-refractivity contribution in [2.45, 2.75) is 6.04 Å². The van der Waals surface area contributed by atoms with E-state index < -0.39 is 0 Å². The summed E-state index contributed by atoms with van der Waals surface area (Å²) < 4.78 is 0. The van der Waals surface area contributed by atoms with E-state index in [0.717, 1.165) is 24.8 Å². The number of halogens is 1. The van der Waals surface area contributed by atoms with Crippen LogP contribution in [0.25, 0.3) is 0 Å². The van der Waals surface area contributed by atoms with Crippen LogP contribution in [0.3, 0.4) is 0 Å². The quantitative estimate of drug-likeness (QED) is 0.842. The molecule has 2 rings (SSSR count). The summed E-state index contributed by atoms with van der Waals surface area (Å²) in [5, 5.41) is 3.43. The minimum absolute atomic E-state index is 0.353. The molecule has 1 aliphatic rings. The van der Waals surface area contributed by atoms with E-state index in [4.69, 9.17) is 17.3 Å². The summed E-state index contributed by atoms with van der Waals surface area (Å²) in [6.45, 7) is 3.67. The van der Waals surface area contributed by atoms with E-state index in [0.29, 0.717) is 17.7 Å². The Morgan fingerprint density at radius 3 is 3.07 bits per heavy atom. The number of likely N-dealkylation sites (N-methyl/N-ethyl adjacent to an activating group) is 1. The number of nitrogens with zero attached hydrogens (tertiary/aromatic N) is 3. The molecule has 0 aromatic carbocycles. The van der Waals surface area contributed by atoms with Gasteiger partial charge in [0.2, 0.25) is 0 Å². The van der Waals surface area contributed by atoms with Crippen molar-refractivity contribution >= 4 is 28.1 Å². The van der Waals surface area contributed by atoms with Crippen LogP contribution in [-0.2, 0) is 0 Å². The zero-order valence-electron chi connectivity index (χ0n) is 8.69. The average Bonchev–Trinajstić information content (AvgIpc) is 2.64. The fourth-order valence-electron chi connectivity index (χ4n) is 1.84. The van der Waals surface area contributed by atoms with Crippen LogP contribution in [0.2, 0.25) is 5.15 Å². The molecule has 84 valence electrons. The molecule has 2 heterocycles. The van der Waals surface area contributed by atoms with Crippen LogP contribution in [0, 0.1) is 0 Å². The molecule has 0 aliphatic carbocycles. The van der Waals surface area contributed by atoms with Crippen LogP contribution in [0.5, 0.6) is 0 Å². The minimum atomic E-state index is 0.353. The molecule has 1 aromatic rings. The Morgan fingerprint density at radius 1 is 1.67 bits per heavy atom. The Labute approximate surface area is 98.6 Å². The predicted octanol–water partition coefficient (Wildman–Crippen LogP) is 0.876. The molecule has 0 spiro atoms. The van der Waals surface area contributed by atoms with E-state index in [9.17, 15) is 0 Å². The molecule has 4 nitrogen and oxygen atoms in total. The van der Waals surface area contributed by atoms with Gasteiger partial charge in [-0.25, -0.2) is 4.98 Å². The summed E-state index contributed by atoms with van der Waals surface area (Å²) in [7, 11) is 2.12. The summed E-state index contributed by atoms with van der Waals surface area (Å²) in [4.78, 5) is 8.85. The Kier molecular flexibility index (Phi) is 3.45. The van der Waals surface area contributed by atoms with Crippen LogP contribution in [0.1, 0.15) is 0 Å². The Morgan fingerprint density at radius 2 is 2.47 bits per heavy atom. The van der Waals surface area contributed by atoms with Gasteiger partial charge in [-0.2, -0.15) is 0 Å². The van der Waals surface area contributed by atoms with Crippen molar-refractivity contribution < 1.29 is 0 Å². The van der Waals surface area contributed by atoms with E-state index in [2.05, 4.69) is 21.8 Å². The van der Waals surface area contributed by atoms with Crippen molar-refractivity contribution in [1.82, 2.24) is 9.88 Å². The Hall–Kier alpha value is -0.360. The lowest BCUT2D eigenvalue weighted by atomic mass is 10.2. The van der Waals surface area contributed by atoms with E-state index in [1.807, 2.05) is 5.38 Å². The van der Waals surface area contributed by atoms with E-state index in [1.165, 1.54) is 0 Å². The average molecular weight is 247 g/mol. The molecule has 6 heteroatoms. The molecule has 1 atom stereocenters. The maximum atomic E-state index is 5.83. The number of anilines is 1. The van der Waals surface area contributed by atoms with Gasteiger partial charge < -0.3 is 15.5 Å². The zero-order chi connectivity index (χ0) is 10.8. The molecule has 0 radical (unpaired) electrons. The van der Waals surface area contributed by atoms with Crippen molar-refractivity contribution in [1.29, 1.82) is 0 Å². The second kappa shape index (κ2) is 4.65. The van der Waals surface area contributed by atoms with Crippen LogP contribution >= 0.6 is 22.9 Å². The smallest absolute Gasteiger partial charge is 0.187 e. The van der Waals surface area contributed by atoms with Gasteiger partial charge in [0.25, 0.3) is 0 Å². The van der Waals surface area contributed by atoms with Gasteiger partial charge in [-0.3, -0.25) is 0 Å². The van der Waals surface area contributed by atoms with Crippen molar-refractivity contribution in [3.8, 4) is 0 Å². The van der Waals surface area contributed by atoms with Gasteiger partial charge in [0, 0.05) is 31.6 Å². The summed E-state index contributed by atoms with van der Waals surface area (Å²) in [6, 6.07) is 0.353. The largest absolute Gasteiger partial charge is 0.341 e. The third kappa shape index (κ3) is 2.42. The second-order valence-electron chi connectivity index (χ2n) is 3.80. The normalized spacial score (nSPS) is 23.4. The van der Waals surface area contributed by atoms with Crippen LogP contribution in [0.4, 0.5) is 5.13 Å². The molecular formula is C9H15ClN4S. The Balaban J connectivity index is 2.13. The molecule has 0 bridgehead atoms. The number of thiazole rings is 1. The van der Waals surface area contributed by atoms with Gasteiger partial charge >= 0.3 is 0 Å². The summed E-state index contributed by atoms with van der Waals surface area (Å²) >= 11 is 7.42. The highest BCUT2D eigenvalue weighted by molar-refractivity contribution is 7.14. The molecule has 1 aliphatic heterocycles. The van der Waals surface area contributed by atoms with Gasteiger partial charge in [0.15, 0.2) is 5.13 Å². The van der Waals surface area contributed by atoms with Crippen LogP contribution in [0.15, 0.2) is 5.38 Å². The molecule has 15 heavy (non-hydrogen) atoms.